The zero-order chi connectivity index (χ0) is 18.8. The van der Waals surface area contributed by atoms with Crippen molar-refractivity contribution in [3.05, 3.63) is 63.2 Å². The lowest BCUT2D eigenvalue weighted by molar-refractivity contribution is -0.124. The SMILES string of the molecule is Cc1cc(=O)oc(C)c1C(=O)OC1CCN(c2ccc(C#N)cc2)C1=O. The second-order valence-corrected chi connectivity index (χ2v) is 6.01. The summed E-state index contributed by atoms with van der Waals surface area (Å²) < 4.78 is 10.3. The molecule has 2 aromatic rings. The predicted molar refractivity (Wildman–Crippen MR) is 91.8 cm³/mol. The van der Waals surface area contributed by atoms with Gasteiger partial charge in [-0.2, -0.15) is 5.26 Å². The molecule has 1 aliphatic heterocycles. The molecule has 1 aromatic heterocycles. The molecule has 26 heavy (non-hydrogen) atoms. The van der Waals surface area contributed by atoms with Gasteiger partial charge in [-0.1, -0.05) is 0 Å². The van der Waals surface area contributed by atoms with Crippen LogP contribution in [0.15, 0.2) is 39.5 Å². The highest BCUT2D eigenvalue weighted by molar-refractivity contribution is 6.01. The number of rotatable bonds is 3. The van der Waals surface area contributed by atoms with Gasteiger partial charge in [-0.3, -0.25) is 4.79 Å². The zero-order valence-electron chi connectivity index (χ0n) is 14.3. The molecule has 1 unspecified atom stereocenters. The van der Waals surface area contributed by atoms with Crippen LogP contribution in [0.2, 0.25) is 0 Å². The maximum absolute atomic E-state index is 12.6. The molecule has 7 nitrogen and oxygen atoms in total. The van der Waals surface area contributed by atoms with Crippen LogP contribution >= 0.6 is 0 Å². The number of amides is 1. The molecule has 7 heteroatoms. The Kier molecular flexibility index (Phi) is 4.59. The first-order chi connectivity index (χ1) is 12.4. The van der Waals surface area contributed by atoms with Crippen molar-refractivity contribution in [3.8, 4) is 6.07 Å². The summed E-state index contributed by atoms with van der Waals surface area (Å²) in [5.74, 6) is -0.853. The van der Waals surface area contributed by atoms with E-state index in [1.807, 2.05) is 6.07 Å². The van der Waals surface area contributed by atoms with Crippen molar-refractivity contribution in [1.82, 2.24) is 0 Å². The lowest BCUT2D eigenvalue weighted by Gasteiger charge is -2.17. The van der Waals surface area contributed by atoms with Crippen LogP contribution in [0.3, 0.4) is 0 Å². The number of hydrogen-bond donors (Lipinski definition) is 0. The smallest absolute Gasteiger partial charge is 0.342 e. The number of nitriles is 1. The van der Waals surface area contributed by atoms with Gasteiger partial charge in [0.25, 0.3) is 5.91 Å². The molecule has 2 heterocycles. The minimum absolute atomic E-state index is 0.161. The van der Waals surface area contributed by atoms with Crippen molar-refractivity contribution in [1.29, 1.82) is 5.26 Å². The average Bonchev–Trinajstić information content (AvgIpc) is 2.94. The van der Waals surface area contributed by atoms with E-state index < -0.39 is 17.7 Å². The number of ether oxygens (including phenoxy) is 1. The number of carbonyl (C=O) groups is 2. The Labute approximate surface area is 149 Å². The van der Waals surface area contributed by atoms with Crippen molar-refractivity contribution < 1.29 is 18.7 Å². The Morgan fingerprint density at radius 2 is 1.96 bits per heavy atom. The topological polar surface area (TPSA) is 101 Å². The van der Waals surface area contributed by atoms with Crippen LogP contribution in [0.4, 0.5) is 5.69 Å². The third-order valence-corrected chi connectivity index (χ3v) is 4.25. The molecule has 0 spiro atoms. The second-order valence-electron chi connectivity index (χ2n) is 6.01. The monoisotopic (exact) mass is 352 g/mol. The van der Waals surface area contributed by atoms with Crippen LogP contribution in [0.5, 0.6) is 0 Å². The minimum atomic E-state index is -0.899. The summed E-state index contributed by atoms with van der Waals surface area (Å²) in [6.45, 7) is 3.52. The molecule has 1 aromatic carbocycles. The quantitative estimate of drug-likeness (QED) is 0.784. The van der Waals surface area contributed by atoms with Gasteiger partial charge in [-0.05, 0) is 43.7 Å². The molecule has 1 saturated heterocycles. The maximum atomic E-state index is 12.6. The van der Waals surface area contributed by atoms with Gasteiger partial charge >= 0.3 is 11.6 Å². The first-order valence-electron chi connectivity index (χ1n) is 8.04. The summed E-state index contributed by atoms with van der Waals surface area (Å²) in [6, 6.07) is 9.85. The van der Waals surface area contributed by atoms with Gasteiger partial charge in [-0.25, -0.2) is 9.59 Å². The number of esters is 1. The first kappa shape index (κ1) is 17.4. The van der Waals surface area contributed by atoms with Crippen molar-refractivity contribution in [2.45, 2.75) is 26.4 Å². The lowest BCUT2D eigenvalue weighted by atomic mass is 10.1. The zero-order valence-corrected chi connectivity index (χ0v) is 14.3. The Bertz CT molecular complexity index is 943. The fourth-order valence-electron chi connectivity index (χ4n) is 2.99. The molecule has 0 N–H and O–H groups in total. The molecule has 1 amide bonds. The van der Waals surface area contributed by atoms with Gasteiger partial charge in [0.2, 0.25) is 0 Å². The molecule has 1 atom stereocenters. The third kappa shape index (κ3) is 3.22. The highest BCUT2D eigenvalue weighted by Crippen LogP contribution is 2.25. The number of aryl methyl sites for hydroxylation is 2. The molecule has 1 fully saturated rings. The predicted octanol–water partition coefficient (Wildman–Crippen LogP) is 2.09. The molecule has 1 aliphatic rings. The van der Waals surface area contributed by atoms with Crippen molar-refractivity contribution in [3.63, 3.8) is 0 Å². The van der Waals surface area contributed by atoms with Gasteiger partial charge in [0, 0.05) is 24.7 Å². The summed E-state index contributed by atoms with van der Waals surface area (Å²) in [5, 5.41) is 8.84. The van der Waals surface area contributed by atoms with Crippen molar-refractivity contribution in [2.24, 2.45) is 0 Å². The summed E-state index contributed by atoms with van der Waals surface area (Å²) in [7, 11) is 0. The van der Waals surface area contributed by atoms with E-state index in [-0.39, 0.29) is 17.2 Å². The van der Waals surface area contributed by atoms with Crippen LogP contribution in [0, 0.1) is 25.2 Å². The largest absolute Gasteiger partial charge is 0.448 e. The van der Waals surface area contributed by atoms with E-state index in [0.29, 0.717) is 29.8 Å². The summed E-state index contributed by atoms with van der Waals surface area (Å²) in [4.78, 5) is 37.8. The van der Waals surface area contributed by atoms with Gasteiger partial charge in [0.1, 0.15) is 11.3 Å². The lowest BCUT2D eigenvalue weighted by Crippen LogP contribution is -2.32. The highest BCUT2D eigenvalue weighted by atomic mass is 16.5. The van der Waals surface area contributed by atoms with E-state index in [4.69, 9.17) is 14.4 Å². The van der Waals surface area contributed by atoms with Gasteiger partial charge in [-0.15, -0.1) is 0 Å². The van der Waals surface area contributed by atoms with E-state index in [0.717, 1.165) is 0 Å². The average molecular weight is 352 g/mol. The number of anilines is 1. The van der Waals surface area contributed by atoms with E-state index in [1.165, 1.54) is 17.9 Å². The van der Waals surface area contributed by atoms with Crippen molar-refractivity contribution in [2.75, 3.05) is 11.4 Å². The van der Waals surface area contributed by atoms with Crippen LogP contribution in [-0.2, 0) is 9.53 Å². The Morgan fingerprint density at radius 1 is 1.27 bits per heavy atom. The van der Waals surface area contributed by atoms with Crippen molar-refractivity contribution >= 4 is 17.6 Å². The molecule has 132 valence electrons. The second kappa shape index (κ2) is 6.84. The molecule has 3 rings (SSSR count). The maximum Gasteiger partial charge on any atom is 0.342 e. The van der Waals surface area contributed by atoms with Crippen LogP contribution in [0.25, 0.3) is 0 Å². The summed E-state index contributed by atoms with van der Waals surface area (Å²) >= 11 is 0. The fraction of sp³-hybridized carbons (Fsp3) is 0.263. The summed E-state index contributed by atoms with van der Waals surface area (Å²) in [6.07, 6.45) is -0.539. The van der Waals surface area contributed by atoms with Gasteiger partial charge < -0.3 is 14.1 Å². The number of nitrogens with zero attached hydrogens (tertiary/aromatic N) is 2. The Morgan fingerprint density at radius 3 is 2.58 bits per heavy atom. The van der Waals surface area contributed by atoms with E-state index in [2.05, 4.69) is 0 Å². The van der Waals surface area contributed by atoms with Gasteiger partial charge in [0.05, 0.1) is 11.6 Å². The molecule has 0 bridgehead atoms. The third-order valence-electron chi connectivity index (χ3n) is 4.25. The molecule has 0 aliphatic carbocycles. The minimum Gasteiger partial charge on any atom is -0.448 e. The first-order valence-corrected chi connectivity index (χ1v) is 8.04. The highest BCUT2D eigenvalue weighted by Gasteiger charge is 2.36. The Balaban J connectivity index is 1.76. The standard InChI is InChI=1S/C19H16N2O5/c1-11-9-16(22)25-12(2)17(11)19(24)26-15-7-8-21(18(15)23)14-5-3-13(10-20)4-6-14/h3-6,9,15H,7-8H2,1-2H3. The summed E-state index contributed by atoms with van der Waals surface area (Å²) in [5.41, 5.74) is 1.21. The number of carbonyl (C=O) groups excluding carboxylic acids is 2. The van der Waals surface area contributed by atoms with Crippen LogP contribution in [0.1, 0.15) is 33.7 Å². The van der Waals surface area contributed by atoms with Crippen LogP contribution < -0.4 is 10.5 Å². The molecule has 0 radical (unpaired) electrons. The van der Waals surface area contributed by atoms with Gasteiger partial charge in [0.15, 0.2) is 6.10 Å². The molecule has 0 saturated carbocycles. The molecular weight excluding hydrogens is 336 g/mol. The van der Waals surface area contributed by atoms with E-state index in [1.54, 1.807) is 31.2 Å². The Hall–Kier alpha value is -3.40. The number of benzene rings is 1. The molecular formula is C19H16N2O5. The van der Waals surface area contributed by atoms with Crippen LogP contribution in [-0.4, -0.2) is 24.5 Å². The fourth-order valence-corrected chi connectivity index (χ4v) is 2.99. The van der Waals surface area contributed by atoms with E-state index >= 15 is 0 Å². The van der Waals surface area contributed by atoms with E-state index in [9.17, 15) is 14.4 Å². The number of hydrogen-bond acceptors (Lipinski definition) is 6. The normalized spacial score (nSPS) is 16.4.